The van der Waals surface area contributed by atoms with Crippen molar-refractivity contribution < 1.29 is 19.1 Å². The molecule has 1 aromatic carbocycles. The minimum Gasteiger partial charge on any atom is -0.460 e. The van der Waals surface area contributed by atoms with Crippen LogP contribution in [0.15, 0.2) is 6.07 Å². The maximum absolute atomic E-state index is 12.3. The van der Waals surface area contributed by atoms with Crippen LogP contribution in [0, 0.1) is 0 Å². The molecule has 0 unspecified atom stereocenters. The van der Waals surface area contributed by atoms with Gasteiger partial charge in [0.25, 0.3) is 0 Å². The van der Waals surface area contributed by atoms with Gasteiger partial charge in [0.2, 0.25) is 0 Å². The molecule has 0 saturated heterocycles. The Balaban J connectivity index is 1.72. The van der Waals surface area contributed by atoms with E-state index in [0.717, 1.165) is 44.2 Å². The molecule has 0 heterocycles. The molecule has 1 aromatic rings. The van der Waals surface area contributed by atoms with E-state index in [0.29, 0.717) is 0 Å². The first-order valence-electron chi connectivity index (χ1n) is 8.80. The zero-order chi connectivity index (χ0) is 17.3. The number of amides is 1. The first kappa shape index (κ1) is 16.8. The second-order valence-corrected chi connectivity index (χ2v) is 6.89. The van der Waals surface area contributed by atoms with Crippen molar-refractivity contribution in [3.05, 3.63) is 28.3 Å². The summed E-state index contributed by atoms with van der Waals surface area (Å²) >= 11 is 0. The minimum absolute atomic E-state index is 0.229. The minimum atomic E-state index is -0.919. The third-order valence-electron chi connectivity index (χ3n) is 4.67. The number of hydrogen-bond donors (Lipinski definition) is 1. The Morgan fingerprint density at radius 3 is 2.08 bits per heavy atom. The summed E-state index contributed by atoms with van der Waals surface area (Å²) in [7, 11) is 0. The predicted octanol–water partition coefficient (Wildman–Crippen LogP) is 3.55. The van der Waals surface area contributed by atoms with Crippen molar-refractivity contribution in [3.63, 3.8) is 0 Å². The topological polar surface area (TPSA) is 64.6 Å². The fourth-order valence-corrected chi connectivity index (χ4v) is 3.64. The van der Waals surface area contributed by atoms with Crippen LogP contribution in [0.25, 0.3) is 0 Å². The quantitative estimate of drug-likeness (QED) is 0.857. The van der Waals surface area contributed by atoms with Crippen LogP contribution in [0.1, 0.15) is 55.9 Å². The summed E-state index contributed by atoms with van der Waals surface area (Å²) in [5.74, 6) is -0.524. The van der Waals surface area contributed by atoms with Gasteiger partial charge in [0, 0.05) is 0 Å². The maximum Gasteiger partial charge on any atom is 0.412 e. The van der Waals surface area contributed by atoms with E-state index < -0.39 is 18.2 Å². The largest absolute Gasteiger partial charge is 0.460 e. The summed E-state index contributed by atoms with van der Waals surface area (Å²) in [4.78, 5) is 24.1. The third kappa shape index (κ3) is 3.40. The van der Waals surface area contributed by atoms with Crippen LogP contribution in [0.2, 0.25) is 0 Å². The maximum atomic E-state index is 12.3. The van der Waals surface area contributed by atoms with Gasteiger partial charge in [-0.3, -0.25) is 5.32 Å². The SMILES string of the molecule is CC(C)OC(=O)[C@H](C)OC(=O)Nc1c2c(cc3c1CCC3)CCC2. The van der Waals surface area contributed by atoms with E-state index >= 15 is 0 Å². The van der Waals surface area contributed by atoms with E-state index in [1.165, 1.54) is 29.2 Å². The summed E-state index contributed by atoms with van der Waals surface area (Å²) in [6.07, 6.45) is 4.64. The lowest BCUT2D eigenvalue weighted by Crippen LogP contribution is -2.30. The molecule has 5 heteroatoms. The van der Waals surface area contributed by atoms with E-state index in [9.17, 15) is 9.59 Å². The number of rotatable bonds is 4. The van der Waals surface area contributed by atoms with Crippen molar-refractivity contribution in [3.8, 4) is 0 Å². The Kier molecular flexibility index (Phi) is 4.78. The number of hydrogen-bond acceptors (Lipinski definition) is 4. The van der Waals surface area contributed by atoms with Crippen LogP contribution in [-0.4, -0.2) is 24.3 Å². The van der Waals surface area contributed by atoms with E-state index in [1.54, 1.807) is 13.8 Å². The molecule has 2 aliphatic carbocycles. The zero-order valence-corrected chi connectivity index (χ0v) is 14.6. The van der Waals surface area contributed by atoms with Crippen LogP contribution >= 0.6 is 0 Å². The third-order valence-corrected chi connectivity index (χ3v) is 4.67. The van der Waals surface area contributed by atoms with Crippen LogP contribution in [0.5, 0.6) is 0 Å². The fraction of sp³-hybridized carbons (Fsp3) is 0.579. The molecular formula is C19H25NO4. The molecule has 24 heavy (non-hydrogen) atoms. The molecule has 0 saturated carbocycles. The number of benzene rings is 1. The van der Waals surface area contributed by atoms with Gasteiger partial charge in [-0.2, -0.15) is 0 Å². The summed E-state index contributed by atoms with van der Waals surface area (Å²) in [6.45, 7) is 5.06. The second-order valence-electron chi connectivity index (χ2n) is 6.89. The average Bonchev–Trinajstić information content (AvgIpc) is 3.14. The van der Waals surface area contributed by atoms with Gasteiger partial charge in [0.1, 0.15) is 0 Å². The van der Waals surface area contributed by atoms with Crippen molar-refractivity contribution in [2.75, 3.05) is 5.32 Å². The normalized spacial score (nSPS) is 16.5. The molecule has 0 aromatic heterocycles. The average molecular weight is 331 g/mol. The van der Waals surface area contributed by atoms with Gasteiger partial charge in [0.05, 0.1) is 11.8 Å². The molecule has 1 amide bonds. The first-order chi connectivity index (χ1) is 11.5. The van der Waals surface area contributed by atoms with Gasteiger partial charge in [-0.05, 0) is 81.5 Å². The second kappa shape index (κ2) is 6.83. The molecule has 0 fully saturated rings. The molecule has 1 atom stereocenters. The van der Waals surface area contributed by atoms with E-state index in [1.807, 2.05) is 0 Å². The molecule has 2 aliphatic rings. The molecule has 0 radical (unpaired) electrons. The summed E-state index contributed by atoms with van der Waals surface area (Å²) in [6, 6.07) is 2.31. The summed E-state index contributed by atoms with van der Waals surface area (Å²) < 4.78 is 10.3. The molecule has 0 aliphatic heterocycles. The number of nitrogens with one attached hydrogen (secondary N) is 1. The Bertz CT molecular complexity index is 634. The monoisotopic (exact) mass is 331 g/mol. The molecule has 5 nitrogen and oxygen atoms in total. The highest BCUT2D eigenvalue weighted by molar-refractivity contribution is 5.90. The number of ether oxygens (including phenoxy) is 2. The predicted molar refractivity (Wildman–Crippen MR) is 91.3 cm³/mol. The lowest BCUT2D eigenvalue weighted by molar-refractivity contribution is -0.156. The van der Waals surface area contributed by atoms with E-state index in [-0.39, 0.29) is 6.10 Å². The van der Waals surface area contributed by atoms with Crippen LogP contribution in [0.3, 0.4) is 0 Å². The van der Waals surface area contributed by atoms with Crippen molar-refractivity contribution in [1.29, 1.82) is 0 Å². The highest BCUT2D eigenvalue weighted by atomic mass is 16.6. The van der Waals surface area contributed by atoms with E-state index in [2.05, 4.69) is 11.4 Å². The van der Waals surface area contributed by atoms with Crippen molar-refractivity contribution in [1.82, 2.24) is 0 Å². The Labute approximate surface area is 142 Å². The van der Waals surface area contributed by atoms with Gasteiger partial charge in [-0.1, -0.05) is 6.07 Å². The van der Waals surface area contributed by atoms with Crippen molar-refractivity contribution in [2.24, 2.45) is 0 Å². The molecule has 0 spiro atoms. The molecule has 0 bridgehead atoms. The number of esters is 1. The Hall–Kier alpha value is -2.04. The van der Waals surface area contributed by atoms with Crippen LogP contribution < -0.4 is 5.32 Å². The van der Waals surface area contributed by atoms with Crippen molar-refractivity contribution >= 4 is 17.7 Å². The van der Waals surface area contributed by atoms with Crippen molar-refractivity contribution in [2.45, 2.75) is 71.5 Å². The van der Waals surface area contributed by atoms with Crippen LogP contribution in [0.4, 0.5) is 10.5 Å². The molecule has 3 rings (SSSR count). The lowest BCUT2D eigenvalue weighted by atomic mass is 9.99. The van der Waals surface area contributed by atoms with Crippen LogP contribution in [-0.2, 0) is 40.0 Å². The molecular weight excluding hydrogens is 306 g/mol. The summed E-state index contributed by atoms with van der Waals surface area (Å²) in [5.41, 5.74) is 6.10. The van der Waals surface area contributed by atoms with Gasteiger partial charge in [-0.15, -0.1) is 0 Å². The van der Waals surface area contributed by atoms with Gasteiger partial charge >= 0.3 is 12.1 Å². The van der Waals surface area contributed by atoms with E-state index in [4.69, 9.17) is 9.47 Å². The number of aryl methyl sites for hydroxylation is 2. The smallest absolute Gasteiger partial charge is 0.412 e. The number of anilines is 1. The first-order valence-corrected chi connectivity index (χ1v) is 8.80. The molecule has 130 valence electrons. The zero-order valence-electron chi connectivity index (χ0n) is 14.6. The summed E-state index contributed by atoms with van der Waals surface area (Å²) in [5, 5.41) is 2.91. The highest BCUT2D eigenvalue weighted by Gasteiger charge is 2.26. The van der Waals surface area contributed by atoms with Gasteiger partial charge in [-0.25, -0.2) is 9.59 Å². The number of carbonyl (C=O) groups is 2. The highest BCUT2D eigenvalue weighted by Crippen LogP contribution is 2.38. The fourth-order valence-electron chi connectivity index (χ4n) is 3.64. The lowest BCUT2D eigenvalue weighted by Gasteiger charge is -2.18. The van der Waals surface area contributed by atoms with Gasteiger partial charge in [0.15, 0.2) is 6.10 Å². The number of fused-ring (bicyclic) bond motifs is 2. The Morgan fingerprint density at radius 1 is 0.958 bits per heavy atom. The standard InChI is InChI=1S/C19H25NO4/c1-11(2)23-18(21)12(3)24-19(22)20-17-15-8-4-6-13(15)10-14-7-5-9-16(14)17/h10-12H,4-9H2,1-3H3,(H,20,22)/t12-/m0/s1. The number of carbonyl (C=O) groups excluding carboxylic acids is 2. The molecule has 1 N–H and O–H groups in total. The van der Waals surface area contributed by atoms with Gasteiger partial charge < -0.3 is 9.47 Å². The Morgan fingerprint density at radius 2 is 1.54 bits per heavy atom.